The van der Waals surface area contributed by atoms with E-state index in [9.17, 15) is 5.11 Å². The number of hydrogen-bond acceptors (Lipinski definition) is 2. The fraction of sp³-hybridized carbons (Fsp3) is 1.00. The number of nitrogens with one attached hydrogen (secondary N) is 1. The molecule has 1 rings (SSSR count). The summed E-state index contributed by atoms with van der Waals surface area (Å²) < 4.78 is 0. The standard InChI is InChI=1S/C10H21NO.C2H6/c1-9(2)7-8(12)5-6-11-10(9,3)4;1-2/h8,11-12H,5-7H2,1-4H3;1-2H3. The fourth-order valence-corrected chi connectivity index (χ4v) is 1.74. The van der Waals surface area contributed by atoms with Crippen LogP contribution in [0.5, 0.6) is 0 Å². The van der Waals surface area contributed by atoms with Crippen LogP contribution in [0, 0.1) is 5.41 Å². The molecule has 86 valence electrons. The molecular formula is C12H27NO. The van der Waals surface area contributed by atoms with Crippen molar-refractivity contribution in [3.8, 4) is 0 Å². The van der Waals surface area contributed by atoms with E-state index in [0.717, 1.165) is 19.4 Å². The minimum Gasteiger partial charge on any atom is -0.393 e. The summed E-state index contributed by atoms with van der Waals surface area (Å²) in [5.74, 6) is 0. The molecule has 1 aliphatic heterocycles. The van der Waals surface area contributed by atoms with Gasteiger partial charge in [-0.1, -0.05) is 27.7 Å². The van der Waals surface area contributed by atoms with Gasteiger partial charge in [-0.05, 0) is 38.6 Å². The molecule has 1 atom stereocenters. The number of hydrogen-bond donors (Lipinski definition) is 2. The summed E-state index contributed by atoms with van der Waals surface area (Å²) in [7, 11) is 0. The van der Waals surface area contributed by atoms with Gasteiger partial charge in [0, 0.05) is 5.54 Å². The third kappa shape index (κ3) is 3.25. The minimum atomic E-state index is -0.130. The van der Waals surface area contributed by atoms with Crippen molar-refractivity contribution in [2.45, 2.75) is 66.0 Å². The predicted octanol–water partition coefficient (Wildman–Crippen LogP) is 2.56. The van der Waals surface area contributed by atoms with Crippen LogP contribution in [-0.4, -0.2) is 23.3 Å². The van der Waals surface area contributed by atoms with Crippen LogP contribution < -0.4 is 5.32 Å². The maximum absolute atomic E-state index is 9.62. The molecule has 0 radical (unpaired) electrons. The zero-order valence-electron chi connectivity index (χ0n) is 10.6. The highest BCUT2D eigenvalue weighted by atomic mass is 16.3. The van der Waals surface area contributed by atoms with E-state index in [1.54, 1.807) is 0 Å². The van der Waals surface area contributed by atoms with Crippen molar-refractivity contribution in [1.82, 2.24) is 5.32 Å². The third-order valence-corrected chi connectivity index (χ3v) is 3.48. The molecular weight excluding hydrogens is 174 g/mol. The minimum absolute atomic E-state index is 0.129. The Hall–Kier alpha value is -0.0800. The van der Waals surface area contributed by atoms with Gasteiger partial charge in [0.1, 0.15) is 0 Å². The lowest BCUT2D eigenvalue weighted by Crippen LogP contribution is -2.50. The van der Waals surface area contributed by atoms with Gasteiger partial charge in [0.05, 0.1) is 6.10 Å². The Bertz CT molecular complexity index is 164. The number of rotatable bonds is 0. The van der Waals surface area contributed by atoms with E-state index >= 15 is 0 Å². The molecule has 1 saturated heterocycles. The maximum atomic E-state index is 9.62. The van der Waals surface area contributed by atoms with Gasteiger partial charge in [-0.2, -0.15) is 0 Å². The highest BCUT2D eigenvalue weighted by molar-refractivity contribution is 4.96. The monoisotopic (exact) mass is 201 g/mol. The fourth-order valence-electron chi connectivity index (χ4n) is 1.74. The van der Waals surface area contributed by atoms with Gasteiger partial charge in [-0.15, -0.1) is 0 Å². The molecule has 0 aromatic carbocycles. The Balaban J connectivity index is 0.000000791. The average Bonchev–Trinajstić information content (AvgIpc) is 2.13. The molecule has 2 nitrogen and oxygen atoms in total. The Morgan fingerprint density at radius 2 is 1.64 bits per heavy atom. The molecule has 14 heavy (non-hydrogen) atoms. The summed E-state index contributed by atoms with van der Waals surface area (Å²) in [6, 6.07) is 0. The van der Waals surface area contributed by atoms with Gasteiger partial charge in [0.25, 0.3) is 0 Å². The number of aliphatic hydroxyl groups is 1. The molecule has 0 aromatic rings. The lowest BCUT2D eigenvalue weighted by molar-refractivity contribution is 0.0849. The summed E-state index contributed by atoms with van der Waals surface area (Å²) in [6.07, 6.45) is 1.65. The van der Waals surface area contributed by atoms with Crippen molar-refractivity contribution in [3.63, 3.8) is 0 Å². The van der Waals surface area contributed by atoms with Crippen LogP contribution in [0.25, 0.3) is 0 Å². The quantitative estimate of drug-likeness (QED) is 0.631. The Labute approximate surface area is 89.1 Å². The second-order valence-corrected chi connectivity index (χ2v) is 5.08. The first-order valence-electron chi connectivity index (χ1n) is 5.78. The van der Waals surface area contributed by atoms with Crippen LogP contribution in [0.3, 0.4) is 0 Å². The molecule has 1 fully saturated rings. The lowest BCUT2D eigenvalue weighted by atomic mass is 9.72. The Morgan fingerprint density at radius 3 is 2.14 bits per heavy atom. The van der Waals surface area contributed by atoms with Crippen molar-refractivity contribution in [3.05, 3.63) is 0 Å². The van der Waals surface area contributed by atoms with Gasteiger partial charge in [-0.25, -0.2) is 0 Å². The van der Waals surface area contributed by atoms with E-state index in [0.29, 0.717) is 0 Å². The molecule has 1 aliphatic rings. The zero-order chi connectivity index (χ0) is 11.4. The molecule has 2 heteroatoms. The van der Waals surface area contributed by atoms with E-state index in [1.165, 1.54) is 0 Å². The SMILES string of the molecule is CC.CC1(C)CC(O)CCNC1(C)C. The molecule has 0 aromatic heterocycles. The lowest BCUT2D eigenvalue weighted by Gasteiger charge is -2.41. The average molecular weight is 201 g/mol. The van der Waals surface area contributed by atoms with Gasteiger partial charge in [-0.3, -0.25) is 0 Å². The Kier molecular flexibility index (Phi) is 5.10. The van der Waals surface area contributed by atoms with E-state index in [1.807, 2.05) is 13.8 Å². The largest absolute Gasteiger partial charge is 0.393 e. The summed E-state index contributed by atoms with van der Waals surface area (Å²) in [5.41, 5.74) is 0.299. The highest BCUT2D eigenvalue weighted by Crippen LogP contribution is 2.37. The van der Waals surface area contributed by atoms with E-state index in [-0.39, 0.29) is 17.1 Å². The molecule has 0 amide bonds. The molecule has 2 N–H and O–H groups in total. The van der Waals surface area contributed by atoms with Gasteiger partial charge >= 0.3 is 0 Å². The summed E-state index contributed by atoms with van der Waals surface area (Å²) in [4.78, 5) is 0. The van der Waals surface area contributed by atoms with Crippen molar-refractivity contribution >= 4 is 0 Å². The first-order chi connectivity index (χ1) is 6.35. The molecule has 0 aliphatic carbocycles. The molecule has 0 bridgehead atoms. The highest BCUT2D eigenvalue weighted by Gasteiger charge is 2.39. The van der Waals surface area contributed by atoms with Crippen LogP contribution in [0.15, 0.2) is 0 Å². The van der Waals surface area contributed by atoms with Crippen molar-refractivity contribution in [2.75, 3.05) is 6.54 Å². The molecule has 1 heterocycles. The van der Waals surface area contributed by atoms with Crippen molar-refractivity contribution < 1.29 is 5.11 Å². The molecule has 0 saturated carbocycles. The van der Waals surface area contributed by atoms with E-state index in [2.05, 4.69) is 33.0 Å². The Morgan fingerprint density at radius 1 is 1.14 bits per heavy atom. The maximum Gasteiger partial charge on any atom is 0.0558 e. The van der Waals surface area contributed by atoms with Gasteiger partial charge < -0.3 is 10.4 Å². The van der Waals surface area contributed by atoms with Crippen molar-refractivity contribution in [2.24, 2.45) is 5.41 Å². The smallest absolute Gasteiger partial charge is 0.0558 e. The first-order valence-corrected chi connectivity index (χ1v) is 5.78. The van der Waals surface area contributed by atoms with Gasteiger partial charge in [0.2, 0.25) is 0 Å². The van der Waals surface area contributed by atoms with Crippen LogP contribution in [0.2, 0.25) is 0 Å². The summed E-state index contributed by atoms with van der Waals surface area (Å²) >= 11 is 0. The molecule has 1 unspecified atom stereocenters. The predicted molar refractivity (Wildman–Crippen MR) is 62.5 cm³/mol. The van der Waals surface area contributed by atoms with Crippen LogP contribution in [-0.2, 0) is 0 Å². The summed E-state index contributed by atoms with van der Waals surface area (Å²) in [6.45, 7) is 13.8. The van der Waals surface area contributed by atoms with E-state index < -0.39 is 0 Å². The van der Waals surface area contributed by atoms with Crippen LogP contribution >= 0.6 is 0 Å². The van der Waals surface area contributed by atoms with Crippen LogP contribution in [0.1, 0.15) is 54.4 Å². The third-order valence-electron chi connectivity index (χ3n) is 3.48. The summed E-state index contributed by atoms with van der Waals surface area (Å²) in [5, 5.41) is 13.1. The normalized spacial score (nSPS) is 29.8. The zero-order valence-corrected chi connectivity index (χ0v) is 10.6. The second kappa shape index (κ2) is 5.13. The second-order valence-electron chi connectivity index (χ2n) is 5.08. The molecule has 0 spiro atoms. The topological polar surface area (TPSA) is 32.3 Å². The number of aliphatic hydroxyl groups excluding tert-OH is 1. The van der Waals surface area contributed by atoms with E-state index in [4.69, 9.17) is 0 Å². The van der Waals surface area contributed by atoms with Gasteiger partial charge in [0.15, 0.2) is 0 Å². The van der Waals surface area contributed by atoms with Crippen molar-refractivity contribution in [1.29, 1.82) is 0 Å². The first kappa shape index (κ1) is 13.9. The van der Waals surface area contributed by atoms with Crippen LogP contribution in [0.4, 0.5) is 0 Å².